The Balaban J connectivity index is 0.00000162. The third kappa shape index (κ3) is 4.84. The van der Waals surface area contributed by atoms with Gasteiger partial charge < -0.3 is 10.4 Å². The van der Waals surface area contributed by atoms with Crippen LogP contribution in [-0.4, -0.2) is 36.2 Å². The molecule has 19 heavy (non-hydrogen) atoms. The maximum absolute atomic E-state index is 10.00. The van der Waals surface area contributed by atoms with Gasteiger partial charge >= 0.3 is 0 Å². The van der Waals surface area contributed by atoms with Crippen LogP contribution in [0.2, 0.25) is 0 Å². The zero-order valence-electron chi connectivity index (χ0n) is 11.3. The molecule has 1 fully saturated rings. The number of hydrogen-bond acceptors (Lipinski definition) is 3. The van der Waals surface area contributed by atoms with Crippen molar-refractivity contribution in [3.63, 3.8) is 0 Å². The van der Waals surface area contributed by atoms with Gasteiger partial charge in [0, 0.05) is 37.8 Å². The predicted octanol–water partition coefficient (Wildman–Crippen LogP) is 2.98. The van der Waals surface area contributed by atoms with Gasteiger partial charge in [-0.25, -0.2) is 0 Å². The third-order valence-electron chi connectivity index (χ3n) is 3.45. The topological polar surface area (TPSA) is 35.5 Å². The summed E-state index contributed by atoms with van der Waals surface area (Å²) >= 11 is 0. The molecule has 1 atom stereocenters. The number of para-hydroxylation sites is 1. The summed E-state index contributed by atoms with van der Waals surface area (Å²) in [7, 11) is 0. The van der Waals surface area contributed by atoms with Crippen LogP contribution in [0.1, 0.15) is 31.4 Å². The van der Waals surface area contributed by atoms with Crippen molar-refractivity contribution in [1.82, 2.24) is 10.2 Å². The Morgan fingerprint density at radius 3 is 2.42 bits per heavy atom. The first kappa shape index (κ1) is 18.5. The average Bonchev–Trinajstić information content (AvgIpc) is 2.38. The molecule has 1 aromatic carbocycles. The molecule has 0 amide bonds. The van der Waals surface area contributed by atoms with Gasteiger partial charge in [-0.15, -0.1) is 24.8 Å². The Bertz CT molecular complexity index is 357. The van der Waals surface area contributed by atoms with E-state index in [1.807, 2.05) is 12.1 Å². The van der Waals surface area contributed by atoms with Gasteiger partial charge in [0.15, 0.2) is 0 Å². The molecule has 0 saturated carbocycles. The van der Waals surface area contributed by atoms with E-state index in [0.29, 0.717) is 11.8 Å². The van der Waals surface area contributed by atoms with Crippen molar-refractivity contribution in [2.45, 2.75) is 25.8 Å². The summed E-state index contributed by atoms with van der Waals surface area (Å²) in [5, 5.41) is 13.4. The molecule has 0 unspecified atom stereocenters. The summed E-state index contributed by atoms with van der Waals surface area (Å²) in [6, 6.07) is 8.11. The molecule has 5 heteroatoms. The van der Waals surface area contributed by atoms with Gasteiger partial charge in [0.25, 0.3) is 0 Å². The van der Waals surface area contributed by atoms with E-state index >= 15 is 0 Å². The molecule has 2 rings (SSSR count). The fourth-order valence-corrected chi connectivity index (χ4v) is 2.57. The summed E-state index contributed by atoms with van der Waals surface area (Å²) in [5.74, 6) is 0.435. The minimum atomic E-state index is 0. The van der Waals surface area contributed by atoms with E-state index in [0.717, 1.165) is 44.6 Å². The van der Waals surface area contributed by atoms with Crippen LogP contribution < -0.4 is 5.32 Å². The zero-order chi connectivity index (χ0) is 12.1. The van der Waals surface area contributed by atoms with Gasteiger partial charge in [-0.05, 0) is 12.5 Å². The number of halogens is 2. The molecule has 1 aliphatic heterocycles. The Labute approximate surface area is 128 Å². The number of aromatic hydroxyl groups is 1. The van der Waals surface area contributed by atoms with Crippen molar-refractivity contribution in [1.29, 1.82) is 0 Å². The first-order valence-corrected chi connectivity index (χ1v) is 6.55. The molecule has 0 spiro atoms. The molecular weight excluding hydrogens is 283 g/mol. The van der Waals surface area contributed by atoms with Crippen LogP contribution in [-0.2, 0) is 0 Å². The summed E-state index contributed by atoms with van der Waals surface area (Å²) < 4.78 is 0. The summed E-state index contributed by atoms with van der Waals surface area (Å²) in [6.07, 6.45) is 2.25. The number of hydrogen-bond donors (Lipinski definition) is 2. The van der Waals surface area contributed by atoms with Gasteiger partial charge in [0.1, 0.15) is 5.75 Å². The number of nitrogens with one attached hydrogen (secondary N) is 1. The van der Waals surface area contributed by atoms with Crippen molar-refractivity contribution >= 4 is 24.8 Å². The smallest absolute Gasteiger partial charge is 0.120 e. The van der Waals surface area contributed by atoms with Gasteiger partial charge in [-0.3, -0.25) is 4.90 Å². The number of nitrogens with zero attached hydrogens (tertiary/aromatic N) is 1. The summed E-state index contributed by atoms with van der Waals surface area (Å²) in [6.45, 7) is 6.44. The highest BCUT2D eigenvalue weighted by Crippen LogP contribution is 2.31. The highest BCUT2D eigenvalue weighted by Gasteiger charge is 2.23. The molecule has 0 aliphatic carbocycles. The monoisotopic (exact) mass is 306 g/mol. The fourth-order valence-electron chi connectivity index (χ4n) is 2.57. The number of phenolic OH excluding ortho intramolecular Hbond substituents is 1. The SMILES string of the molecule is CCC[C@@H](c1ccccc1O)N1CCNCC1.Cl.Cl. The lowest BCUT2D eigenvalue weighted by Gasteiger charge is -2.35. The van der Waals surface area contributed by atoms with Crippen molar-refractivity contribution in [2.75, 3.05) is 26.2 Å². The molecular formula is C14H24Cl2N2O. The van der Waals surface area contributed by atoms with Gasteiger partial charge in [0.05, 0.1) is 0 Å². The molecule has 110 valence electrons. The van der Waals surface area contributed by atoms with Gasteiger partial charge in [-0.2, -0.15) is 0 Å². The molecule has 1 saturated heterocycles. The van der Waals surface area contributed by atoms with Crippen molar-refractivity contribution in [3.8, 4) is 5.75 Å². The maximum Gasteiger partial charge on any atom is 0.120 e. The van der Waals surface area contributed by atoms with E-state index < -0.39 is 0 Å². The van der Waals surface area contributed by atoms with Crippen molar-refractivity contribution < 1.29 is 5.11 Å². The van der Waals surface area contributed by atoms with Gasteiger partial charge in [0.2, 0.25) is 0 Å². The van der Waals surface area contributed by atoms with Crippen LogP contribution in [0.15, 0.2) is 24.3 Å². The van der Waals surface area contributed by atoms with Crippen LogP contribution >= 0.6 is 24.8 Å². The molecule has 1 heterocycles. The van der Waals surface area contributed by atoms with Gasteiger partial charge in [-0.1, -0.05) is 31.5 Å². The third-order valence-corrected chi connectivity index (χ3v) is 3.45. The summed E-state index contributed by atoms with van der Waals surface area (Å²) in [4.78, 5) is 2.48. The molecule has 0 aromatic heterocycles. The second-order valence-corrected chi connectivity index (χ2v) is 4.65. The predicted molar refractivity (Wildman–Crippen MR) is 84.7 cm³/mol. The standard InChI is InChI=1S/C14H22N2O.2ClH/c1-2-5-13(16-10-8-15-9-11-16)12-6-3-4-7-14(12)17;;/h3-4,6-7,13,15,17H,2,5,8-11H2,1H3;2*1H/t13-;;/m0../s1. The second kappa shape index (κ2) is 9.43. The van der Waals surface area contributed by atoms with E-state index in [1.54, 1.807) is 6.07 Å². The van der Waals surface area contributed by atoms with E-state index in [4.69, 9.17) is 0 Å². The van der Waals surface area contributed by atoms with Crippen molar-refractivity contribution in [3.05, 3.63) is 29.8 Å². The molecule has 0 radical (unpaired) electrons. The van der Waals surface area contributed by atoms with Crippen LogP contribution in [0.25, 0.3) is 0 Å². The highest BCUT2D eigenvalue weighted by molar-refractivity contribution is 5.85. The lowest BCUT2D eigenvalue weighted by Crippen LogP contribution is -2.45. The quantitative estimate of drug-likeness (QED) is 0.897. The second-order valence-electron chi connectivity index (χ2n) is 4.65. The molecule has 3 nitrogen and oxygen atoms in total. The molecule has 1 aliphatic rings. The van der Waals surface area contributed by atoms with Crippen LogP contribution in [0.5, 0.6) is 5.75 Å². The Hall–Kier alpha value is -0.480. The van der Waals surface area contributed by atoms with E-state index in [2.05, 4.69) is 23.2 Å². The average molecular weight is 307 g/mol. The van der Waals surface area contributed by atoms with Crippen molar-refractivity contribution in [2.24, 2.45) is 0 Å². The Morgan fingerprint density at radius 1 is 1.21 bits per heavy atom. The lowest BCUT2D eigenvalue weighted by molar-refractivity contribution is 0.162. The molecule has 2 N–H and O–H groups in total. The first-order valence-electron chi connectivity index (χ1n) is 6.55. The number of benzene rings is 1. The normalized spacial score (nSPS) is 17.1. The number of piperazine rings is 1. The number of rotatable bonds is 4. The molecule has 1 aromatic rings. The van der Waals surface area contributed by atoms with Crippen LogP contribution in [0.3, 0.4) is 0 Å². The van der Waals surface area contributed by atoms with E-state index in [9.17, 15) is 5.11 Å². The summed E-state index contributed by atoms with van der Waals surface area (Å²) in [5.41, 5.74) is 1.08. The minimum absolute atomic E-state index is 0. The maximum atomic E-state index is 10.00. The lowest BCUT2D eigenvalue weighted by atomic mass is 9.99. The van der Waals surface area contributed by atoms with Crippen LogP contribution in [0, 0.1) is 0 Å². The Kier molecular flexibility index (Phi) is 9.19. The Morgan fingerprint density at radius 2 is 1.84 bits per heavy atom. The first-order chi connectivity index (χ1) is 8.33. The fraction of sp³-hybridized carbons (Fsp3) is 0.571. The van der Waals surface area contributed by atoms with E-state index in [-0.39, 0.29) is 24.8 Å². The van der Waals surface area contributed by atoms with E-state index in [1.165, 1.54) is 0 Å². The zero-order valence-corrected chi connectivity index (χ0v) is 13.0. The minimum Gasteiger partial charge on any atom is -0.508 e. The number of phenols is 1. The highest BCUT2D eigenvalue weighted by atomic mass is 35.5. The molecule has 0 bridgehead atoms. The van der Waals surface area contributed by atoms with Crippen LogP contribution in [0.4, 0.5) is 0 Å². The largest absolute Gasteiger partial charge is 0.508 e.